The third-order valence-corrected chi connectivity index (χ3v) is 3.73. The minimum absolute atomic E-state index is 0.146. The van der Waals surface area contributed by atoms with Crippen molar-refractivity contribution in [2.75, 3.05) is 12.4 Å². The predicted octanol–water partition coefficient (Wildman–Crippen LogP) is 3.03. The first-order chi connectivity index (χ1) is 11.2. The first-order valence-electron chi connectivity index (χ1n) is 7.48. The molecule has 6 heteroatoms. The number of aromatic nitrogens is 3. The molecule has 0 spiro atoms. The van der Waals surface area contributed by atoms with Crippen molar-refractivity contribution >= 4 is 22.6 Å². The summed E-state index contributed by atoms with van der Waals surface area (Å²) in [4.78, 5) is 12.7. The van der Waals surface area contributed by atoms with Crippen LogP contribution in [0.15, 0.2) is 48.5 Å². The van der Waals surface area contributed by atoms with Crippen LogP contribution in [0.1, 0.15) is 19.4 Å². The molecule has 0 saturated carbocycles. The third-order valence-electron chi connectivity index (χ3n) is 3.73. The molecule has 0 radical (unpaired) electrons. The lowest BCUT2D eigenvalue weighted by atomic mass is 10.2. The van der Waals surface area contributed by atoms with Crippen LogP contribution in [-0.2, 0) is 4.79 Å². The van der Waals surface area contributed by atoms with E-state index in [1.165, 1.54) is 0 Å². The van der Waals surface area contributed by atoms with Gasteiger partial charge in [0.1, 0.15) is 17.3 Å². The van der Waals surface area contributed by atoms with E-state index < -0.39 is 6.04 Å². The van der Waals surface area contributed by atoms with E-state index in [0.29, 0.717) is 17.9 Å². The molecule has 0 saturated heterocycles. The number of amides is 1. The molecule has 1 N–H and O–H groups in total. The highest BCUT2D eigenvalue weighted by Crippen LogP contribution is 2.25. The number of anilines is 1. The van der Waals surface area contributed by atoms with Crippen LogP contribution in [0.25, 0.3) is 11.0 Å². The quantitative estimate of drug-likeness (QED) is 0.786. The van der Waals surface area contributed by atoms with Gasteiger partial charge in [-0.3, -0.25) is 4.79 Å². The van der Waals surface area contributed by atoms with E-state index in [2.05, 4.69) is 15.6 Å². The Morgan fingerprint density at radius 1 is 1.22 bits per heavy atom. The van der Waals surface area contributed by atoms with E-state index in [4.69, 9.17) is 4.74 Å². The van der Waals surface area contributed by atoms with Gasteiger partial charge in [0.2, 0.25) is 5.91 Å². The second kappa shape index (κ2) is 6.48. The summed E-state index contributed by atoms with van der Waals surface area (Å²) in [6.07, 6.45) is 0.605. The fourth-order valence-corrected chi connectivity index (χ4v) is 2.55. The Labute approximate surface area is 134 Å². The van der Waals surface area contributed by atoms with Crippen LogP contribution in [0.3, 0.4) is 0 Å². The molecular formula is C17H18N4O2. The lowest BCUT2D eigenvalue weighted by molar-refractivity contribution is -0.119. The summed E-state index contributed by atoms with van der Waals surface area (Å²) in [7, 11) is 1.58. The number of hydrogen-bond acceptors (Lipinski definition) is 4. The number of carbonyl (C=O) groups is 1. The molecule has 3 rings (SSSR count). The highest BCUT2D eigenvalue weighted by atomic mass is 16.5. The molecule has 0 aliphatic rings. The Kier molecular flexibility index (Phi) is 4.23. The molecule has 0 fully saturated rings. The summed E-state index contributed by atoms with van der Waals surface area (Å²) in [5.74, 6) is 0.479. The van der Waals surface area contributed by atoms with Gasteiger partial charge in [-0.25, -0.2) is 4.68 Å². The maximum atomic E-state index is 12.7. The summed E-state index contributed by atoms with van der Waals surface area (Å²) in [6, 6.07) is 14.5. The number of methoxy groups -OCH3 is 1. The van der Waals surface area contributed by atoms with E-state index in [-0.39, 0.29) is 5.91 Å². The zero-order valence-corrected chi connectivity index (χ0v) is 13.1. The summed E-state index contributed by atoms with van der Waals surface area (Å²) in [5, 5.41) is 11.2. The number of para-hydroxylation sites is 3. The number of ether oxygens (including phenoxy) is 1. The Balaban J connectivity index is 1.90. The minimum Gasteiger partial charge on any atom is -0.495 e. The second-order valence-electron chi connectivity index (χ2n) is 5.14. The summed E-state index contributed by atoms with van der Waals surface area (Å²) < 4.78 is 6.94. The van der Waals surface area contributed by atoms with Crippen LogP contribution < -0.4 is 10.1 Å². The fraction of sp³-hybridized carbons (Fsp3) is 0.235. The Morgan fingerprint density at radius 2 is 1.96 bits per heavy atom. The number of nitrogens with one attached hydrogen (secondary N) is 1. The van der Waals surface area contributed by atoms with Gasteiger partial charge >= 0.3 is 0 Å². The molecule has 118 valence electrons. The van der Waals surface area contributed by atoms with E-state index >= 15 is 0 Å². The van der Waals surface area contributed by atoms with Crippen LogP contribution in [0, 0.1) is 0 Å². The standard InChI is InChI=1S/C17H18N4O2/c1-3-14(21-15-10-6-4-8-12(15)19-20-21)17(22)18-13-9-5-7-11-16(13)23-2/h4-11,14H,3H2,1-2H3,(H,18,22). The van der Waals surface area contributed by atoms with Crippen molar-refractivity contribution in [1.29, 1.82) is 0 Å². The molecule has 1 unspecified atom stereocenters. The molecule has 1 aromatic heterocycles. The molecule has 23 heavy (non-hydrogen) atoms. The molecule has 0 aliphatic carbocycles. The SMILES string of the molecule is CCC(C(=O)Nc1ccccc1OC)n1nnc2ccccc21. The summed E-state index contributed by atoms with van der Waals surface area (Å²) in [6.45, 7) is 1.95. The molecule has 1 atom stereocenters. The van der Waals surface area contributed by atoms with Crippen molar-refractivity contribution in [3.63, 3.8) is 0 Å². The van der Waals surface area contributed by atoms with Crippen LogP contribution in [0.4, 0.5) is 5.69 Å². The maximum Gasteiger partial charge on any atom is 0.249 e. The minimum atomic E-state index is -0.438. The van der Waals surface area contributed by atoms with Gasteiger partial charge < -0.3 is 10.1 Å². The number of nitrogens with zero attached hydrogens (tertiary/aromatic N) is 3. The van der Waals surface area contributed by atoms with Gasteiger partial charge in [-0.05, 0) is 30.7 Å². The van der Waals surface area contributed by atoms with E-state index in [9.17, 15) is 4.79 Å². The lowest BCUT2D eigenvalue weighted by Gasteiger charge is -2.17. The van der Waals surface area contributed by atoms with Crippen LogP contribution in [0.5, 0.6) is 5.75 Å². The average Bonchev–Trinajstić information content (AvgIpc) is 3.00. The van der Waals surface area contributed by atoms with E-state index in [1.54, 1.807) is 17.9 Å². The van der Waals surface area contributed by atoms with Crippen LogP contribution in [0.2, 0.25) is 0 Å². The van der Waals surface area contributed by atoms with Crippen molar-refractivity contribution in [2.45, 2.75) is 19.4 Å². The highest BCUT2D eigenvalue weighted by molar-refractivity contribution is 5.95. The monoisotopic (exact) mass is 310 g/mol. The largest absolute Gasteiger partial charge is 0.495 e. The Bertz CT molecular complexity index is 828. The Hall–Kier alpha value is -2.89. The number of benzene rings is 2. The van der Waals surface area contributed by atoms with Gasteiger partial charge in [-0.2, -0.15) is 0 Å². The smallest absolute Gasteiger partial charge is 0.249 e. The van der Waals surface area contributed by atoms with Crippen molar-refractivity contribution in [3.8, 4) is 5.75 Å². The average molecular weight is 310 g/mol. The topological polar surface area (TPSA) is 69.0 Å². The van der Waals surface area contributed by atoms with Crippen LogP contribution >= 0.6 is 0 Å². The summed E-state index contributed by atoms with van der Waals surface area (Å²) in [5.41, 5.74) is 2.26. The van der Waals surface area contributed by atoms with E-state index in [0.717, 1.165) is 11.0 Å². The molecule has 6 nitrogen and oxygen atoms in total. The van der Waals surface area contributed by atoms with Crippen molar-refractivity contribution in [3.05, 3.63) is 48.5 Å². The zero-order chi connectivity index (χ0) is 16.2. The molecule has 1 heterocycles. The molecule has 3 aromatic rings. The van der Waals surface area contributed by atoms with Gasteiger partial charge in [-0.15, -0.1) is 5.10 Å². The maximum absolute atomic E-state index is 12.7. The first kappa shape index (κ1) is 15.0. The van der Waals surface area contributed by atoms with Gasteiger partial charge in [0.05, 0.1) is 18.3 Å². The third kappa shape index (κ3) is 2.88. The molecular weight excluding hydrogens is 292 g/mol. The highest BCUT2D eigenvalue weighted by Gasteiger charge is 2.22. The van der Waals surface area contributed by atoms with E-state index in [1.807, 2.05) is 49.4 Å². The van der Waals surface area contributed by atoms with Crippen LogP contribution in [-0.4, -0.2) is 28.0 Å². The normalized spacial score (nSPS) is 12.1. The van der Waals surface area contributed by atoms with Gasteiger partial charge in [0, 0.05) is 0 Å². The molecule has 2 aromatic carbocycles. The predicted molar refractivity (Wildman–Crippen MR) is 88.5 cm³/mol. The van der Waals surface area contributed by atoms with Crippen molar-refractivity contribution in [2.24, 2.45) is 0 Å². The van der Waals surface area contributed by atoms with Gasteiger partial charge in [-0.1, -0.05) is 36.4 Å². The fourth-order valence-electron chi connectivity index (χ4n) is 2.55. The van der Waals surface area contributed by atoms with Gasteiger partial charge in [0.15, 0.2) is 0 Å². The Morgan fingerprint density at radius 3 is 2.74 bits per heavy atom. The summed E-state index contributed by atoms with van der Waals surface area (Å²) >= 11 is 0. The number of hydrogen-bond donors (Lipinski definition) is 1. The molecule has 0 aliphatic heterocycles. The second-order valence-corrected chi connectivity index (χ2v) is 5.14. The van der Waals surface area contributed by atoms with Crippen molar-refractivity contribution in [1.82, 2.24) is 15.0 Å². The molecule has 1 amide bonds. The number of carbonyl (C=O) groups excluding carboxylic acids is 1. The number of rotatable bonds is 5. The first-order valence-corrected chi connectivity index (χ1v) is 7.48. The number of fused-ring (bicyclic) bond motifs is 1. The lowest BCUT2D eigenvalue weighted by Crippen LogP contribution is -2.26. The zero-order valence-electron chi connectivity index (χ0n) is 13.1. The molecule has 0 bridgehead atoms. The van der Waals surface area contributed by atoms with Crippen molar-refractivity contribution < 1.29 is 9.53 Å². The van der Waals surface area contributed by atoms with Gasteiger partial charge in [0.25, 0.3) is 0 Å².